The number of rotatable bonds is 3. The lowest BCUT2D eigenvalue weighted by Gasteiger charge is -2.57. The molecule has 0 amide bonds. The first kappa shape index (κ1) is 13.5. The van der Waals surface area contributed by atoms with E-state index in [2.05, 4.69) is 15.6 Å². The van der Waals surface area contributed by atoms with Crippen LogP contribution in [-0.4, -0.2) is 15.6 Å². The number of nitrogens with zero attached hydrogens (tertiary/aromatic N) is 1. The molecular formula is C17H23N3S. The van der Waals surface area contributed by atoms with E-state index in [4.69, 9.17) is 12.2 Å². The van der Waals surface area contributed by atoms with Crippen LogP contribution >= 0.6 is 12.2 Å². The van der Waals surface area contributed by atoms with Gasteiger partial charge >= 0.3 is 0 Å². The topological polar surface area (TPSA) is 37.0 Å². The molecule has 4 bridgehead atoms. The summed E-state index contributed by atoms with van der Waals surface area (Å²) in [7, 11) is 0. The molecule has 0 radical (unpaired) electrons. The second-order valence-corrected chi connectivity index (χ2v) is 7.77. The molecule has 0 unspecified atom stereocenters. The van der Waals surface area contributed by atoms with Gasteiger partial charge in [-0.1, -0.05) is 0 Å². The molecule has 0 aromatic carbocycles. The number of hydrogen-bond donors (Lipinski definition) is 2. The predicted octanol–water partition coefficient (Wildman–Crippen LogP) is 3.01. The third kappa shape index (κ3) is 2.78. The third-order valence-corrected chi connectivity index (χ3v) is 5.87. The van der Waals surface area contributed by atoms with Gasteiger partial charge in [0, 0.05) is 24.5 Å². The Morgan fingerprint density at radius 3 is 2.24 bits per heavy atom. The highest BCUT2D eigenvalue weighted by atomic mass is 32.1. The second-order valence-electron chi connectivity index (χ2n) is 7.36. The molecular weight excluding hydrogens is 278 g/mol. The van der Waals surface area contributed by atoms with Gasteiger partial charge in [-0.3, -0.25) is 4.98 Å². The van der Waals surface area contributed by atoms with Crippen LogP contribution in [0.3, 0.4) is 0 Å². The normalized spacial score (nSPS) is 36.5. The van der Waals surface area contributed by atoms with Gasteiger partial charge in [-0.25, -0.2) is 0 Å². The van der Waals surface area contributed by atoms with Crippen LogP contribution in [0, 0.1) is 17.8 Å². The zero-order valence-electron chi connectivity index (χ0n) is 12.3. The molecule has 112 valence electrons. The summed E-state index contributed by atoms with van der Waals surface area (Å²) in [4.78, 5) is 4.04. The van der Waals surface area contributed by atoms with Gasteiger partial charge in [0.2, 0.25) is 0 Å². The smallest absolute Gasteiger partial charge is 0.166 e. The van der Waals surface area contributed by atoms with Crippen molar-refractivity contribution in [1.82, 2.24) is 15.6 Å². The Balaban J connectivity index is 1.36. The highest BCUT2D eigenvalue weighted by Gasteiger charge is 2.51. The van der Waals surface area contributed by atoms with Crippen LogP contribution in [0.25, 0.3) is 0 Å². The van der Waals surface area contributed by atoms with Crippen molar-refractivity contribution in [2.45, 2.75) is 50.6 Å². The van der Waals surface area contributed by atoms with Gasteiger partial charge < -0.3 is 10.6 Å². The maximum atomic E-state index is 5.55. The van der Waals surface area contributed by atoms with E-state index in [1.54, 1.807) is 0 Å². The molecule has 4 aliphatic carbocycles. The van der Waals surface area contributed by atoms with Crippen LogP contribution < -0.4 is 10.6 Å². The molecule has 3 nitrogen and oxygen atoms in total. The minimum Gasteiger partial charge on any atom is -0.359 e. The van der Waals surface area contributed by atoms with Crippen molar-refractivity contribution in [3.63, 3.8) is 0 Å². The number of nitrogens with one attached hydrogen (secondary N) is 2. The molecule has 5 rings (SSSR count). The minimum absolute atomic E-state index is 0.303. The molecule has 1 aromatic heterocycles. The molecule has 4 saturated carbocycles. The van der Waals surface area contributed by atoms with Crippen LogP contribution in [0.15, 0.2) is 24.5 Å². The molecule has 21 heavy (non-hydrogen) atoms. The van der Waals surface area contributed by atoms with Gasteiger partial charge in [-0.2, -0.15) is 0 Å². The van der Waals surface area contributed by atoms with E-state index in [1.807, 2.05) is 24.5 Å². The maximum absolute atomic E-state index is 5.55. The van der Waals surface area contributed by atoms with Gasteiger partial charge in [0.05, 0.1) is 0 Å². The second kappa shape index (κ2) is 5.24. The average Bonchev–Trinajstić information content (AvgIpc) is 2.44. The van der Waals surface area contributed by atoms with Crippen LogP contribution in [0.5, 0.6) is 0 Å². The van der Waals surface area contributed by atoms with Gasteiger partial charge in [-0.15, -0.1) is 0 Å². The van der Waals surface area contributed by atoms with E-state index in [-0.39, 0.29) is 0 Å². The highest BCUT2D eigenvalue weighted by Crippen LogP contribution is 2.55. The Kier molecular flexibility index (Phi) is 3.37. The van der Waals surface area contributed by atoms with Gasteiger partial charge in [0.25, 0.3) is 0 Å². The SMILES string of the molecule is S=C(NCc1ccncc1)NC12CC3CC(CC(C3)C1)C2. The van der Waals surface area contributed by atoms with Crippen molar-refractivity contribution in [1.29, 1.82) is 0 Å². The first-order valence-electron chi connectivity index (χ1n) is 8.16. The lowest BCUT2D eigenvalue weighted by atomic mass is 9.53. The summed E-state index contributed by atoms with van der Waals surface area (Å²) in [6, 6.07) is 4.06. The van der Waals surface area contributed by atoms with Gasteiger partial charge in [0.15, 0.2) is 5.11 Å². The van der Waals surface area contributed by atoms with Crippen molar-refractivity contribution in [2.75, 3.05) is 0 Å². The predicted molar refractivity (Wildman–Crippen MR) is 87.7 cm³/mol. The molecule has 1 aromatic rings. The molecule has 0 atom stereocenters. The fourth-order valence-corrected chi connectivity index (χ4v) is 5.52. The molecule has 1 heterocycles. The molecule has 4 aliphatic rings. The third-order valence-electron chi connectivity index (χ3n) is 5.62. The molecule has 0 aliphatic heterocycles. The Labute approximate surface area is 131 Å². The summed E-state index contributed by atoms with van der Waals surface area (Å²) in [5.41, 5.74) is 1.52. The molecule has 0 saturated heterocycles. The van der Waals surface area contributed by atoms with E-state index in [1.165, 1.54) is 44.1 Å². The van der Waals surface area contributed by atoms with Crippen LogP contribution in [0.4, 0.5) is 0 Å². The summed E-state index contributed by atoms with van der Waals surface area (Å²) >= 11 is 5.55. The van der Waals surface area contributed by atoms with Crippen molar-refractivity contribution >= 4 is 17.3 Å². The monoisotopic (exact) mass is 301 g/mol. The number of thiocarbonyl (C=S) groups is 1. The van der Waals surface area contributed by atoms with Crippen molar-refractivity contribution in [2.24, 2.45) is 17.8 Å². The summed E-state index contributed by atoms with van der Waals surface area (Å²) in [6.07, 6.45) is 12.1. The highest BCUT2D eigenvalue weighted by molar-refractivity contribution is 7.80. The summed E-state index contributed by atoms with van der Waals surface area (Å²) < 4.78 is 0. The Morgan fingerprint density at radius 1 is 1.10 bits per heavy atom. The van der Waals surface area contributed by atoms with Crippen molar-refractivity contribution in [3.05, 3.63) is 30.1 Å². The molecule has 4 fully saturated rings. The number of hydrogen-bond acceptors (Lipinski definition) is 2. The zero-order chi connectivity index (χ0) is 14.3. The maximum Gasteiger partial charge on any atom is 0.166 e. The standard InChI is InChI=1S/C17H23N3S/c21-16(19-11-12-1-3-18-4-2-12)20-17-8-13-5-14(9-17)7-15(6-13)10-17/h1-4,13-15H,5-11H2,(H2,19,20,21). The molecule has 2 N–H and O–H groups in total. The summed E-state index contributed by atoms with van der Waals surface area (Å²) in [6.45, 7) is 0.778. The van der Waals surface area contributed by atoms with Crippen molar-refractivity contribution in [3.8, 4) is 0 Å². The van der Waals surface area contributed by atoms with E-state index in [0.29, 0.717) is 5.54 Å². The van der Waals surface area contributed by atoms with Crippen LogP contribution in [0.1, 0.15) is 44.1 Å². The van der Waals surface area contributed by atoms with E-state index in [0.717, 1.165) is 29.4 Å². The van der Waals surface area contributed by atoms with Crippen molar-refractivity contribution < 1.29 is 0 Å². The number of aromatic nitrogens is 1. The minimum atomic E-state index is 0.303. The van der Waals surface area contributed by atoms with Crippen LogP contribution in [-0.2, 0) is 6.54 Å². The number of pyridine rings is 1. The first-order valence-corrected chi connectivity index (χ1v) is 8.56. The van der Waals surface area contributed by atoms with Crippen LogP contribution in [0.2, 0.25) is 0 Å². The van der Waals surface area contributed by atoms with Gasteiger partial charge in [-0.05, 0) is 86.2 Å². The summed E-state index contributed by atoms with van der Waals surface area (Å²) in [5.74, 6) is 2.85. The van der Waals surface area contributed by atoms with E-state index < -0.39 is 0 Å². The lowest BCUT2D eigenvalue weighted by molar-refractivity contribution is -0.0101. The van der Waals surface area contributed by atoms with E-state index in [9.17, 15) is 0 Å². The lowest BCUT2D eigenvalue weighted by Crippen LogP contribution is -2.61. The quantitative estimate of drug-likeness (QED) is 0.842. The zero-order valence-corrected chi connectivity index (χ0v) is 13.2. The Bertz CT molecular complexity index is 493. The first-order chi connectivity index (χ1) is 10.2. The fraction of sp³-hybridized carbons (Fsp3) is 0.647. The molecule has 0 spiro atoms. The molecule has 4 heteroatoms. The summed E-state index contributed by atoms with van der Waals surface area (Å²) in [5, 5.41) is 7.89. The largest absolute Gasteiger partial charge is 0.359 e. The Morgan fingerprint density at radius 2 is 1.67 bits per heavy atom. The Hall–Kier alpha value is -1.16. The van der Waals surface area contributed by atoms with E-state index >= 15 is 0 Å². The van der Waals surface area contributed by atoms with Gasteiger partial charge in [0.1, 0.15) is 0 Å². The fourth-order valence-electron chi connectivity index (χ4n) is 5.23. The average molecular weight is 301 g/mol.